The molecule has 1 amide bonds. The van der Waals surface area contributed by atoms with Crippen molar-refractivity contribution in [1.82, 2.24) is 24.8 Å². The molecule has 0 unspecified atom stereocenters. The van der Waals surface area contributed by atoms with Crippen LogP contribution in [0.4, 0.5) is 4.79 Å². The van der Waals surface area contributed by atoms with E-state index in [0.717, 1.165) is 22.1 Å². The van der Waals surface area contributed by atoms with Crippen LogP contribution in [-0.4, -0.2) is 32.2 Å². The summed E-state index contributed by atoms with van der Waals surface area (Å²) in [5, 5.41) is 12.5. The number of aromatic amines is 1. The van der Waals surface area contributed by atoms with Gasteiger partial charge < -0.3 is 14.3 Å². The predicted octanol–water partition coefficient (Wildman–Crippen LogP) is 3.09. The van der Waals surface area contributed by atoms with Crippen LogP contribution in [0.1, 0.15) is 20.3 Å². The third kappa shape index (κ3) is 3.67. The zero-order valence-corrected chi connectivity index (χ0v) is 14.7. The number of aromatic nitrogens is 4. The monoisotopic (exact) mass is 352 g/mol. The number of hydrogen-bond donors (Lipinski definition) is 2. The Labute approximate surface area is 150 Å². The summed E-state index contributed by atoms with van der Waals surface area (Å²) in [7, 11) is 0. The number of allylic oxidation sites excluding steroid dienone is 1. The van der Waals surface area contributed by atoms with E-state index in [2.05, 4.69) is 32.9 Å². The van der Waals surface area contributed by atoms with Crippen molar-refractivity contribution in [3.63, 3.8) is 0 Å². The summed E-state index contributed by atoms with van der Waals surface area (Å²) < 4.78 is 7.06. The second-order valence-electron chi connectivity index (χ2n) is 6.72. The molecule has 3 rings (SSSR count). The van der Waals surface area contributed by atoms with Crippen molar-refractivity contribution in [2.75, 3.05) is 6.61 Å². The maximum absolute atomic E-state index is 11.8. The average molecular weight is 352 g/mol. The van der Waals surface area contributed by atoms with Crippen molar-refractivity contribution in [2.24, 2.45) is 5.41 Å². The van der Waals surface area contributed by atoms with E-state index < -0.39 is 11.5 Å². The number of rotatable bonds is 6. The fourth-order valence-electron chi connectivity index (χ4n) is 2.52. The number of carbonyl (C=O) groups excluding carboxylic acids is 1. The highest BCUT2D eigenvalue weighted by atomic mass is 16.5. The SMILES string of the molecule is C=C(CCn1cnc2cnc3[nH]ccc3c21)NC(=O)OCC(C)(C)C#N. The molecule has 3 aromatic rings. The third-order valence-electron chi connectivity index (χ3n) is 3.96. The quantitative estimate of drug-likeness (QED) is 0.708. The van der Waals surface area contributed by atoms with E-state index in [1.807, 2.05) is 16.8 Å². The van der Waals surface area contributed by atoms with Gasteiger partial charge in [-0.15, -0.1) is 0 Å². The molecule has 0 aromatic carbocycles. The summed E-state index contributed by atoms with van der Waals surface area (Å²) in [4.78, 5) is 23.6. The van der Waals surface area contributed by atoms with Gasteiger partial charge in [0.25, 0.3) is 0 Å². The minimum atomic E-state index is -0.718. The number of aryl methyl sites for hydroxylation is 1. The Bertz CT molecular complexity index is 1010. The first kappa shape index (κ1) is 17.5. The molecule has 26 heavy (non-hydrogen) atoms. The summed E-state index contributed by atoms with van der Waals surface area (Å²) in [5.74, 6) is 0. The number of ether oxygens (including phenoxy) is 1. The van der Waals surface area contributed by atoms with Crippen LogP contribution in [0.5, 0.6) is 0 Å². The Hall–Kier alpha value is -3.34. The first-order chi connectivity index (χ1) is 12.4. The molecule has 0 aliphatic heterocycles. The number of nitrogens with one attached hydrogen (secondary N) is 2. The van der Waals surface area contributed by atoms with E-state index in [0.29, 0.717) is 18.7 Å². The molecule has 0 aliphatic carbocycles. The Balaban J connectivity index is 1.60. The van der Waals surface area contributed by atoms with Gasteiger partial charge in [0.1, 0.15) is 17.8 Å². The fourth-order valence-corrected chi connectivity index (χ4v) is 2.52. The van der Waals surface area contributed by atoms with Crippen LogP contribution >= 0.6 is 0 Å². The van der Waals surface area contributed by atoms with Crippen LogP contribution in [0.2, 0.25) is 0 Å². The van der Waals surface area contributed by atoms with E-state index in [4.69, 9.17) is 10.00 Å². The van der Waals surface area contributed by atoms with Crippen molar-refractivity contribution in [2.45, 2.75) is 26.8 Å². The van der Waals surface area contributed by atoms with Gasteiger partial charge in [-0.2, -0.15) is 5.26 Å². The number of alkyl carbamates (subject to hydrolysis) is 1. The van der Waals surface area contributed by atoms with E-state index in [-0.39, 0.29) is 6.61 Å². The summed E-state index contributed by atoms with van der Waals surface area (Å²) >= 11 is 0. The number of imidazole rings is 1. The van der Waals surface area contributed by atoms with Gasteiger partial charge >= 0.3 is 6.09 Å². The molecule has 0 atom stereocenters. The Morgan fingerprint density at radius 2 is 2.31 bits per heavy atom. The topological polar surface area (TPSA) is 109 Å². The minimum Gasteiger partial charge on any atom is -0.448 e. The number of amides is 1. The molecule has 8 heteroatoms. The lowest BCUT2D eigenvalue weighted by Crippen LogP contribution is -2.28. The predicted molar refractivity (Wildman–Crippen MR) is 97.0 cm³/mol. The fraction of sp³-hybridized carbons (Fsp3) is 0.333. The average Bonchev–Trinajstić information content (AvgIpc) is 3.24. The van der Waals surface area contributed by atoms with Gasteiger partial charge in [-0.25, -0.2) is 14.8 Å². The number of nitrogens with zero attached hydrogens (tertiary/aromatic N) is 4. The molecule has 8 nitrogen and oxygen atoms in total. The molecule has 0 radical (unpaired) electrons. The molecule has 0 bridgehead atoms. The standard InChI is InChI=1S/C18H20N6O2/c1-12(23-17(25)26-10-18(2,3)9-19)5-7-24-11-22-14-8-21-16-13(15(14)24)4-6-20-16/h4,6,8,11H,1,5,7,10H2,2-3H3,(H,20,21)(H,23,25). The van der Waals surface area contributed by atoms with E-state index in [9.17, 15) is 4.79 Å². The summed E-state index contributed by atoms with van der Waals surface area (Å²) in [6.45, 7) is 7.89. The summed E-state index contributed by atoms with van der Waals surface area (Å²) in [5.41, 5.74) is 2.42. The normalized spacial score (nSPS) is 11.4. The molecule has 0 saturated carbocycles. The highest BCUT2D eigenvalue weighted by molar-refractivity contribution is 6.00. The molecule has 3 aromatic heterocycles. The molecule has 0 spiro atoms. The minimum absolute atomic E-state index is 0.0211. The lowest BCUT2D eigenvalue weighted by atomic mass is 9.98. The smallest absolute Gasteiger partial charge is 0.411 e. The maximum Gasteiger partial charge on any atom is 0.411 e. The number of pyridine rings is 1. The van der Waals surface area contributed by atoms with E-state index >= 15 is 0 Å². The van der Waals surface area contributed by atoms with E-state index in [1.165, 1.54) is 0 Å². The van der Waals surface area contributed by atoms with Crippen LogP contribution in [-0.2, 0) is 11.3 Å². The van der Waals surface area contributed by atoms with Gasteiger partial charge in [0, 0.05) is 30.2 Å². The van der Waals surface area contributed by atoms with Crippen molar-refractivity contribution >= 4 is 28.2 Å². The van der Waals surface area contributed by atoms with E-state index in [1.54, 1.807) is 26.4 Å². The van der Waals surface area contributed by atoms with Crippen molar-refractivity contribution in [3.05, 3.63) is 37.1 Å². The van der Waals surface area contributed by atoms with Crippen molar-refractivity contribution in [3.8, 4) is 6.07 Å². The second-order valence-corrected chi connectivity index (χ2v) is 6.72. The molecule has 3 heterocycles. The zero-order chi connectivity index (χ0) is 18.7. The number of nitriles is 1. The molecular formula is C18H20N6O2. The maximum atomic E-state index is 11.8. The third-order valence-corrected chi connectivity index (χ3v) is 3.96. The number of carbonyl (C=O) groups is 1. The van der Waals surface area contributed by atoms with Crippen LogP contribution in [0, 0.1) is 16.7 Å². The molecule has 0 aliphatic rings. The summed E-state index contributed by atoms with van der Waals surface area (Å²) in [6, 6.07) is 4.04. The number of fused-ring (bicyclic) bond motifs is 3. The Kier molecular flexibility index (Phi) is 4.63. The first-order valence-electron chi connectivity index (χ1n) is 8.19. The number of H-pyrrole nitrogens is 1. The van der Waals surface area contributed by atoms with Gasteiger partial charge in [0.05, 0.1) is 29.5 Å². The van der Waals surface area contributed by atoms with Crippen molar-refractivity contribution in [1.29, 1.82) is 5.26 Å². The molecule has 0 fully saturated rings. The molecule has 2 N–H and O–H groups in total. The van der Waals surface area contributed by atoms with Gasteiger partial charge in [0.15, 0.2) is 0 Å². The van der Waals surface area contributed by atoms with Crippen LogP contribution in [0.25, 0.3) is 22.1 Å². The molecule has 0 saturated heterocycles. The zero-order valence-electron chi connectivity index (χ0n) is 14.7. The number of hydrogen-bond acceptors (Lipinski definition) is 5. The Morgan fingerprint density at radius 3 is 3.08 bits per heavy atom. The van der Waals surface area contributed by atoms with Crippen LogP contribution < -0.4 is 5.32 Å². The lowest BCUT2D eigenvalue weighted by Gasteiger charge is -2.16. The van der Waals surface area contributed by atoms with Gasteiger partial charge in [-0.05, 0) is 19.9 Å². The highest BCUT2D eigenvalue weighted by Gasteiger charge is 2.19. The first-order valence-corrected chi connectivity index (χ1v) is 8.19. The Morgan fingerprint density at radius 1 is 1.50 bits per heavy atom. The van der Waals surface area contributed by atoms with Gasteiger partial charge in [-0.3, -0.25) is 5.32 Å². The van der Waals surface area contributed by atoms with Crippen molar-refractivity contribution < 1.29 is 9.53 Å². The highest BCUT2D eigenvalue weighted by Crippen LogP contribution is 2.22. The van der Waals surface area contributed by atoms with Crippen LogP contribution in [0.15, 0.2) is 37.1 Å². The molecule has 134 valence electrons. The molecular weight excluding hydrogens is 332 g/mol. The van der Waals surface area contributed by atoms with Gasteiger partial charge in [0.2, 0.25) is 0 Å². The second kappa shape index (κ2) is 6.88. The van der Waals surface area contributed by atoms with Gasteiger partial charge in [-0.1, -0.05) is 6.58 Å². The van der Waals surface area contributed by atoms with Crippen LogP contribution in [0.3, 0.4) is 0 Å². The largest absolute Gasteiger partial charge is 0.448 e. The lowest BCUT2D eigenvalue weighted by molar-refractivity contribution is 0.120. The summed E-state index contributed by atoms with van der Waals surface area (Å²) in [6.07, 6.45) is 5.24.